The highest BCUT2D eigenvalue weighted by Gasteiger charge is 2.29. The molecule has 2 atom stereocenters. The highest BCUT2D eigenvalue weighted by molar-refractivity contribution is 7.42. The lowest BCUT2D eigenvalue weighted by Crippen LogP contribution is -1.95. The highest BCUT2D eigenvalue weighted by Crippen LogP contribution is 2.46. The van der Waals surface area contributed by atoms with Gasteiger partial charge in [-0.1, -0.05) is 22.1 Å². The molecule has 0 heterocycles. The Bertz CT molecular complexity index is 160. The van der Waals surface area contributed by atoms with Crippen LogP contribution in [-0.4, -0.2) is 6.66 Å². The van der Waals surface area contributed by atoms with Gasteiger partial charge in [0.15, 0.2) is 0 Å². The van der Waals surface area contributed by atoms with Crippen LogP contribution in [0.3, 0.4) is 0 Å². The molecule has 9 heavy (non-hydrogen) atoms. The van der Waals surface area contributed by atoms with E-state index >= 15 is 0 Å². The topological polar surface area (TPSA) is 12.0 Å². The van der Waals surface area contributed by atoms with Crippen molar-refractivity contribution in [3.63, 3.8) is 0 Å². The molecule has 1 nitrogen and oxygen atoms in total. The maximum Gasteiger partial charge on any atom is 0.0261 e. The zero-order valence-electron chi connectivity index (χ0n) is 5.86. The summed E-state index contributed by atoms with van der Waals surface area (Å²) < 4.78 is 0. The van der Waals surface area contributed by atoms with Gasteiger partial charge in [0, 0.05) is 11.6 Å². The van der Waals surface area contributed by atoms with Crippen LogP contribution in [0.4, 0.5) is 0 Å². The summed E-state index contributed by atoms with van der Waals surface area (Å²) in [6.45, 7) is 8.03. The molecule has 1 aliphatic rings. The van der Waals surface area contributed by atoms with E-state index in [9.17, 15) is 0 Å². The van der Waals surface area contributed by atoms with Crippen molar-refractivity contribution < 1.29 is 0 Å². The Morgan fingerprint density at radius 1 is 1.78 bits per heavy atom. The van der Waals surface area contributed by atoms with E-state index in [1.165, 1.54) is 5.70 Å². The molecule has 0 spiro atoms. The van der Waals surface area contributed by atoms with Gasteiger partial charge in [-0.25, -0.2) is 0 Å². The first-order valence-corrected chi connectivity index (χ1v) is 4.60. The van der Waals surface area contributed by atoms with Crippen LogP contribution in [0.5, 0.6) is 0 Å². The van der Waals surface area contributed by atoms with Crippen molar-refractivity contribution in [3.05, 3.63) is 23.8 Å². The van der Waals surface area contributed by atoms with Crippen molar-refractivity contribution >= 4 is 8.58 Å². The summed E-state index contributed by atoms with van der Waals surface area (Å²) >= 11 is 0. The van der Waals surface area contributed by atoms with Crippen LogP contribution < -0.4 is 5.32 Å². The third-order valence-corrected chi connectivity index (χ3v) is 2.84. The minimum atomic E-state index is 0.714. The van der Waals surface area contributed by atoms with Gasteiger partial charge in [-0.3, -0.25) is 0 Å². The van der Waals surface area contributed by atoms with Crippen molar-refractivity contribution in [2.24, 2.45) is 5.92 Å². The Morgan fingerprint density at radius 3 is 2.78 bits per heavy atom. The Hall–Kier alpha value is -0.290. The van der Waals surface area contributed by atoms with Gasteiger partial charge in [-0.05, 0) is 18.2 Å². The van der Waals surface area contributed by atoms with Crippen LogP contribution in [0.1, 0.15) is 6.92 Å². The average Bonchev–Trinajstić information content (AvgIpc) is 2.44. The smallest absolute Gasteiger partial charge is 0.0261 e. The van der Waals surface area contributed by atoms with Gasteiger partial charge in [0.05, 0.1) is 0 Å². The summed E-state index contributed by atoms with van der Waals surface area (Å²) in [4.78, 5) is 0. The summed E-state index contributed by atoms with van der Waals surface area (Å²) in [7, 11) is 0.965. The standard InChI is InChI=1S/C7H12NP/c1-4-8-6-5(2)7(6)9-3/h4-5,8-9H,1H2,2-3H3. The molecule has 2 unspecified atom stereocenters. The van der Waals surface area contributed by atoms with Crippen LogP contribution in [0.25, 0.3) is 0 Å². The number of hydrogen-bond donors (Lipinski definition) is 1. The second-order valence-corrected chi connectivity index (χ2v) is 3.19. The second-order valence-electron chi connectivity index (χ2n) is 2.15. The normalized spacial score (nSPS) is 25.3. The quantitative estimate of drug-likeness (QED) is 0.592. The Kier molecular flexibility index (Phi) is 1.92. The monoisotopic (exact) mass is 141 g/mol. The van der Waals surface area contributed by atoms with Crippen LogP contribution in [-0.2, 0) is 0 Å². The van der Waals surface area contributed by atoms with Gasteiger partial charge in [0.2, 0.25) is 0 Å². The first-order chi connectivity index (χ1) is 4.31. The second kappa shape index (κ2) is 2.53. The van der Waals surface area contributed by atoms with E-state index in [-0.39, 0.29) is 0 Å². The Morgan fingerprint density at radius 2 is 2.44 bits per heavy atom. The molecule has 0 radical (unpaired) electrons. The van der Waals surface area contributed by atoms with Gasteiger partial charge < -0.3 is 5.32 Å². The molecule has 0 amide bonds. The zero-order chi connectivity index (χ0) is 6.85. The summed E-state index contributed by atoms with van der Waals surface area (Å²) in [6.07, 6.45) is 1.75. The first kappa shape index (κ1) is 6.82. The minimum absolute atomic E-state index is 0.714. The summed E-state index contributed by atoms with van der Waals surface area (Å²) in [5.74, 6) is 0.714. The number of hydrogen-bond acceptors (Lipinski definition) is 1. The number of allylic oxidation sites excluding steroid dienone is 2. The van der Waals surface area contributed by atoms with E-state index < -0.39 is 0 Å². The van der Waals surface area contributed by atoms with E-state index in [0.717, 1.165) is 8.58 Å². The van der Waals surface area contributed by atoms with E-state index in [0.29, 0.717) is 5.92 Å². The molecule has 1 rings (SSSR count). The number of rotatable bonds is 3. The Balaban J connectivity index is 2.42. The lowest BCUT2D eigenvalue weighted by Gasteiger charge is -1.87. The molecule has 1 aliphatic carbocycles. The molecule has 50 valence electrons. The molecule has 1 N–H and O–H groups in total. The molecule has 0 aromatic heterocycles. The van der Waals surface area contributed by atoms with Gasteiger partial charge >= 0.3 is 0 Å². The maximum atomic E-state index is 3.60. The molecule has 0 fully saturated rings. The van der Waals surface area contributed by atoms with Crippen LogP contribution in [0.15, 0.2) is 23.8 Å². The zero-order valence-corrected chi connectivity index (χ0v) is 6.86. The lowest BCUT2D eigenvalue weighted by molar-refractivity contribution is 0.940. The van der Waals surface area contributed by atoms with Crippen LogP contribution >= 0.6 is 8.58 Å². The van der Waals surface area contributed by atoms with E-state index in [4.69, 9.17) is 0 Å². The van der Waals surface area contributed by atoms with Crippen molar-refractivity contribution in [3.8, 4) is 0 Å². The Labute approximate surface area is 58.0 Å². The third-order valence-electron chi connectivity index (χ3n) is 1.60. The molecule has 0 saturated heterocycles. The fraction of sp³-hybridized carbons (Fsp3) is 0.429. The lowest BCUT2D eigenvalue weighted by atomic mass is 10.4. The predicted molar refractivity (Wildman–Crippen MR) is 43.8 cm³/mol. The fourth-order valence-corrected chi connectivity index (χ4v) is 2.06. The van der Waals surface area contributed by atoms with Crippen LogP contribution in [0.2, 0.25) is 0 Å². The van der Waals surface area contributed by atoms with Crippen molar-refractivity contribution in [1.29, 1.82) is 0 Å². The molecular weight excluding hydrogens is 129 g/mol. The summed E-state index contributed by atoms with van der Waals surface area (Å²) in [5.41, 5.74) is 1.39. The van der Waals surface area contributed by atoms with E-state index in [1.807, 2.05) is 0 Å². The molecule has 0 aromatic carbocycles. The average molecular weight is 141 g/mol. The maximum absolute atomic E-state index is 3.60. The molecule has 0 aliphatic heterocycles. The van der Waals surface area contributed by atoms with Crippen LogP contribution in [0, 0.1) is 5.92 Å². The SMILES string of the molecule is C=CNC1=C(PC)C1C. The molecular formula is C7H12NP. The first-order valence-electron chi connectivity index (χ1n) is 3.10. The van der Waals surface area contributed by atoms with Crippen molar-refractivity contribution in [1.82, 2.24) is 5.32 Å². The van der Waals surface area contributed by atoms with Crippen molar-refractivity contribution in [2.45, 2.75) is 6.92 Å². The highest BCUT2D eigenvalue weighted by atomic mass is 31.1. The molecule has 0 saturated carbocycles. The largest absolute Gasteiger partial charge is 0.365 e. The molecule has 0 bridgehead atoms. The van der Waals surface area contributed by atoms with Gasteiger partial charge in [0.1, 0.15) is 0 Å². The van der Waals surface area contributed by atoms with E-state index in [2.05, 4.69) is 25.5 Å². The molecule has 0 aromatic rings. The molecule has 2 heteroatoms. The fourth-order valence-electron chi connectivity index (χ4n) is 1.000. The van der Waals surface area contributed by atoms with Gasteiger partial charge in [-0.2, -0.15) is 0 Å². The summed E-state index contributed by atoms with van der Waals surface area (Å²) in [5, 5.41) is 4.70. The van der Waals surface area contributed by atoms with Crippen molar-refractivity contribution in [2.75, 3.05) is 6.66 Å². The minimum Gasteiger partial charge on any atom is -0.365 e. The third kappa shape index (κ3) is 1.16. The van der Waals surface area contributed by atoms with E-state index in [1.54, 1.807) is 11.5 Å². The summed E-state index contributed by atoms with van der Waals surface area (Å²) in [6, 6.07) is 0. The van der Waals surface area contributed by atoms with Gasteiger partial charge in [0.25, 0.3) is 0 Å². The predicted octanol–water partition coefficient (Wildman–Crippen LogP) is 1.89. The number of nitrogens with one attached hydrogen (secondary N) is 1. The van der Waals surface area contributed by atoms with Gasteiger partial charge in [-0.15, -0.1) is 0 Å².